The van der Waals surface area contributed by atoms with E-state index < -0.39 is 0 Å². The molecule has 1 atom stereocenters. The van der Waals surface area contributed by atoms with Crippen LogP contribution in [0.3, 0.4) is 0 Å². The summed E-state index contributed by atoms with van der Waals surface area (Å²) in [6.07, 6.45) is 2.68. The Morgan fingerprint density at radius 1 is 1.23 bits per heavy atom. The molecule has 2 aromatic rings. The number of thioether (sulfide) groups is 1. The third-order valence-corrected chi connectivity index (χ3v) is 5.92. The molecule has 1 amide bonds. The molecule has 0 bridgehead atoms. The van der Waals surface area contributed by atoms with Crippen molar-refractivity contribution in [3.63, 3.8) is 0 Å². The van der Waals surface area contributed by atoms with Gasteiger partial charge in [0, 0.05) is 6.54 Å². The molecule has 1 fully saturated rings. The number of ether oxygens (including phenoxy) is 2. The van der Waals surface area contributed by atoms with Crippen molar-refractivity contribution in [1.82, 2.24) is 4.90 Å². The van der Waals surface area contributed by atoms with Crippen LogP contribution in [0.5, 0.6) is 11.5 Å². The van der Waals surface area contributed by atoms with Gasteiger partial charge in [-0.15, -0.1) is 0 Å². The van der Waals surface area contributed by atoms with Gasteiger partial charge in [0.2, 0.25) is 0 Å². The minimum Gasteiger partial charge on any atom is -0.493 e. The minimum atomic E-state index is -0.0767. The Labute approximate surface area is 186 Å². The average Bonchev–Trinajstić information content (AvgIpc) is 3.04. The summed E-state index contributed by atoms with van der Waals surface area (Å²) in [5.74, 6) is 0.977. The number of nitrogens with zero attached hydrogens (tertiary/aromatic N) is 2. The molecule has 0 radical (unpaired) electrons. The number of amidine groups is 1. The van der Waals surface area contributed by atoms with E-state index in [1.54, 1.807) is 18.1 Å². The SMILES string of the molecule is CC[C@@H](C)Oc1c(Cl)cc(/C=C2\SC(=Nc3ccccc3)N(CC)C2=O)cc1OC. The van der Waals surface area contributed by atoms with Crippen molar-refractivity contribution in [1.29, 1.82) is 0 Å². The molecule has 1 aliphatic rings. The quantitative estimate of drug-likeness (QED) is 0.480. The van der Waals surface area contributed by atoms with Crippen LogP contribution in [0.1, 0.15) is 32.8 Å². The fourth-order valence-corrected chi connectivity index (χ4v) is 4.18. The van der Waals surface area contributed by atoms with Crippen LogP contribution in [-0.2, 0) is 4.79 Å². The number of carbonyl (C=O) groups excluding carboxylic acids is 1. The third kappa shape index (κ3) is 4.99. The first-order valence-electron chi connectivity index (χ1n) is 9.86. The van der Waals surface area contributed by atoms with Crippen LogP contribution in [-0.4, -0.2) is 35.7 Å². The Morgan fingerprint density at radius 3 is 2.60 bits per heavy atom. The second kappa shape index (κ2) is 10.0. The molecule has 30 heavy (non-hydrogen) atoms. The van der Waals surface area contributed by atoms with Crippen molar-refractivity contribution in [2.24, 2.45) is 4.99 Å². The molecule has 0 N–H and O–H groups in total. The summed E-state index contributed by atoms with van der Waals surface area (Å²) < 4.78 is 11.4. The van der Waals surface area contributed by atoms with E-state index >= 15 is 0 Å². The highest BCUT2D eigenvalue weighted by Crippen LogP contribution is 2.40. The van der Waals surface area contributed by atoms with E-state index in [1.807, 2.05) is 63.2 Å². The van der Waals surface area contributed by atoms with Gasteiger partial charge in [-0.05, 0) is 67.9 Å². The largest absolute Gasteiger partial charge is 0.493 e. The van der Waals surface area contributed by atoms with Crippen LogP contribution in [0, 0.1) is 0 Å². The van der Waals surface area contributed by atoms with E-state index in [0.717, 1.165) is 17.7 Å². The van der Waals surface area contributed by atoms with Gasteiger partial charge >= 0.3 is 0 Å². The van der Waals surface area contributed by atoms with Crippen LogP contribution in [0.2, 0.25) is 5.02 Å². The number of benzene rings is 2. The molecule has 0 aromatic heterocycles. The van der Waals surface area contributed by atoms with Crippen molar-refractivity contribution in [2.75, 3.05) is 13.7 Å². The van der Waals surface area contributed by atoms with Gasteiger partial charge in [-0.2, -0.15) is 0 Å². The van der Waals surface area contributed by atoms with E-state index in [0.29, 0.717) is 33.1 Å². The van der Waals surface area contributed by atoms with Crippen molar-refractivity contribution >= 4 is 46.2 Å². The first kappa shape index (κ1) is 22.2. The van der Waals surface area contributed by atoms with Crippen LogP contribution >= 0.6 is 23.4 Å². The van der Waals surface area contributed by atoms with Crippen LogP contribution in [0.15, 0.2) is 52.4 Å². The summed E-state index contributed by atoms with van der Waals surface area (Å²) in [4.78, 5) is 19.8. The normalized spacial score (nSPS) is 17.6. The van der Waals surface area contributed by atoms with Gasteiger partial charge in [0.05, 0.1) is 28.8 Å². The average molecular weight is 445 g/mol. The highest BCUT2D eigenvalue weighted by Gasteiger charge is 2.32. The fraction of sp³-hybridized carbons (Fsp3) is 0.304. The highest BCUT2D eigenvalue weighted by atomic mass is 35.5. The summed E-state index contributed by atoms with van der Waals surface area (Å²) in [5.41, 5.74) is 1.57. The van der Waals surface area contributed by atoms with Crippen LogP contribution in [0.25, 0.3) is 6.08 Å². The van der Waals surface area contributed by atoms with Gasteiger partial charge in [0.25, 0.3) is 5.91 Å². The predicted octanol–water partition coefficient (Wildman–Crippen LogP) is 6.15. The number of para-hydroxylation sites is 1. The Kier molecular flexibility index (Phi) is 7.45. The zero-order chi connectivity index (χ0) is 21.7. The molecular formula is C23H25ClN2O3S. The van der Waals surface area contributed by atoms with Gasteiger partial charge in [-0.1, -0.05) is 36.7 Å². The van der Waals surface area contributed by atoms with Crippen molar-refractivity contribution < 1.29 is 14.3 Å². The monoisotopic (exact) mass is 444 g/mol. The highest BCUT2D eigenvalue weighted by molar-refractivity contribution is 8.18. The second-order valence-corrected chi connectivity index (χ2v) is 8.18. The molecule has 0 aliphatic carbocycles. The molecule has 2 aromatic carbocycles. The molecular weight excluding hydrogens is 420 g/mol. The van der Waals surface area contributed by atoms with E-state index in [1.165, 1.54) is 11.8 Å². The molecule has 0 spiro atoms. The maximum atomic E-state index is 12.9. The number of hydrogen-bond acceptors (Lipinski definition) is 5. The minimum absolute atomic E-state index is 0.0161. The summed E-state index contributed by atoms with van der Waals surface area (Å²) in [5, 5.41) is 1.11. The number of likely N-dealkylation sites (N-methyl/N-ethyl adjacent to an activating group) is 1. The lowest BCUT2D eigenvalue weighted by atomic mass is 10.1. The lowest BCUT2D eigenvalue weighted by Gasteiger charge is -2.17. The first-order valence-corrected chi connectivity index (χ1v) is 11.1. The van der Waals surface area contributed by atoms with Crippen molar-refractivity contribution in [3.05, 3.63) is 58.0 Å². The Balaban J connectivity index is 1.93. The van der Waals surface area contributed by atoms with Gasteiger partial charge in [-0.3, -0.25) is 9.69 Å². The van der Waals surface area contributed by atoms with Crippen LogP contribution in [0.4, 0.5) is 5.69 Å². The Bertz CT molecular complexity index is 976. The van der Waals surface area contributed by atoms with Gasteiger partial charge in [0.1, 0.15) is 0 Å². The maximum absolute atomic E-state index is 12.9. The zero-order valence-electron chi connectivity index (χ0n) is 17.5. The predicted molar refractivity (Wildman–Crippen MR) is 125 cm³/mol. The number of hydrogen-bond donors (Lipinski definition) is 0. The van der Waals surface area contributed by atoms with E-state index in [9.17, 15) is 4.79 Å². The zero-order valence-corrected chi connectivity index (χ0v) is 19.1. The molecule has 1 heterocycles. The van der Waals surface area contributed by atoms with E-state index in [4.69, 9.17) is 21.1 Å². The topological polar surface area (TPSA) is 51.1 Å². The Morgan fingerprint density at radius 2 is 1.97 bits per heavy atom. The third-order valence-electron chi connectivity index (χ3n) is 4.63. The molecule has 1 saturated heterocycles. The first-order chi connectivity index (χ1) is 14.5. The van der Waals surface area contributed by atoms with E-state index in [-0.39, 0.29) is 12.0 Å². The summed E-state index contributed by atoms with van der Waals surface area (Å²) in [7, 11) is 1.57. The fourth-order valence-electron chi connectivity index (χ4n) is 2.86. The Hall–Kier alpha value is -2.44. The molecule has 0 saturated carbocycles. The number of halogens is 1. The van der Waals surface area contributed by atoms with Crippen LogP contribution < -0.4 is 9.47 Å². The van der Waals surface area contributed by atoms with E-state index in [2.05, 4.69) is 4.99 Å². The lowest BCUT2D eigenvalue weighted by Crippen LogP contribution is -2.28. The van der Waals surface area contributed by atoms with Crippen molar-refractivity contribution in [2.45, 2.75) is 33.3 Å². The van der Waals surface area contributed by atoms with Gasteiger partial charge in [0.15, 0.2) is 16.7 Å². The summed E-state index contributed by atoms with van der Waals surface area (Å²) in [6.45, 7) is 6.50. The molecule has 158 valence electrons. The number of rotatable bonds is 7. The molecule has 3 rings (SSSR count). The standard InChI is InChI=1S/C23H25ClN2O3S/c1-5-15(3)29-21-18(24)12-16(13-19(21)28-4)14-20-22(27)26(6-2)23(30-20)25-17-10-8-7-9-11-17/h7-15H,5-6H2,1-4H3/b20-14-,25-23?/t15-/m1/s1. The van der Waals surface area contributed by atoms with Gasteiger partial charge < -0.3 is 9.47 Å². The lowest BCUT2D eigenvalue weighted by molar-refractivity contribution is -0.122. The number of aliphatic imine (C=N–C) groups is 1. The smallest absolute Gasteiger partial charge is 0.266 e. The van der Waals surface area contributed by atoms with Gasteiger partial charge in [-0.25, -0.2) is 4.99 Å². The number of methoxy groups -OCH3 is 1. The van der Waals surface area contributed by atoms with Crippen molar-refractivity contribution in [3.8, 4) is 11.5 Å². The molecule has 5 nitrogen and oxygen atoms in total. The summed E-state index contributed by atoms with van der Waals surface area (Å²) >= 11 is 7.82. The maximum Gasteiger partial charge on any atom is 0.266 e. The molecule has 0 unspecified atom stereocenters. The molecule has 1 aliphatic heterocycles. The number of amides is 1. The molecule has 7 heteroatoms. The second-order valence-electron chi connectivity index (χ2n) is 6.76. The number of carbonyl (C=O) groups is 1. The summed E-state index contributed by atoms with van der Waals surface area (Å²) in [6, 6.07) is 13.2.